The number of piperazine rings is 1. The van der Waals surface area contributed by atoms with E-state index in [2.05, 4.69) is 10.2 Å². The van der Waals surface area contributed by atoms with Crippen molar-refractivity contribution in [2.75, 3.05) is 47.5 Å². The third-order valence-electron chi connectivity index (χ3n) is 4.39. The van der Waals surface area contributed by atoms with Crippen LogP contribution in [-0.2, 0) is 0 Å². The van der Waals surface area contributed by atoms with Crippen LogP contribution in [0.2, 0.25) is 0 Å². The summed E-state index contributed by atoms with van der Waals surface area (Å²) in [6.45, 7) is 2.86. The average molecular weight is 435 g/mol. The standard InChI is InChI=1S/C17H25F3N2O3.2ClH/c1-23-14-5-4-12(15(24-2)16(14)25-3)13(6-7-17(18,19)20)22-10-8-21-9-11-22;;/h4-5,13,21H,6-11H2,1-3H3;2*1H/t13-;;/m1../s1. The summed E-state index contributed by atoms with van der Waals surface area (Å²) < 4.78 is 54.6. The molecular formula is C17H27Cl2F3N2O3. The predicted octanol–water partition coefficient (Wildman–Crippen LogP) is 3.84. The maximum absolute atomic E-state index is 12.8. The van der Waals surface area contributed by atoms with Gasteiger partial charge in [0.05, 0.1) is 21.3 Å². The molecule has 0 aromatic heterocycles. The maximum atomic E-state index is 12.8. The summed E-state index contributed by atoms with van der Waals surface area (Å²) in [4.78, 5) is 2.06. The molecule has 0 bridgehead atoms. The minimum atomic E-state index is -4.20. The average Bonchev–Trinajstić information content (AvgIpc) is 2.61. The Hall–Kier alpha value is -1.09. The molecule has 1 atom stereocenters. The Bertz CT molecular complexity index is 571. The summed E-state index contributed by atoms with van der Waals surface area (Å²) in [6, 6.07) is 3.07. The van der Waals surface area contributed by atoms with Crippen LogP contribution in [-0.4, -0.2) is 58.6 Å². The zero-order valence-corrected chi connectivity index (χ0v) is 17.2. The van der Waals surface area contributed by atoms with Crippen molar-refractivity contribution in [3.05, 3.63) is 17.7 Å². The Balaban J connectivity index is 0.00000338. The number of nitrogens with zero attached hydrogens (tertiary/aromatic N) is 1. The fourth-order valence-corrected chi connectivity index (χ4v) is 3.22. The molecule has 0 aliphatic carbocycles. The van der Waals surface area contributed by atoms with Gasteiger partial charge in [0.15, 0.2) is 11.5 Å². The smallest absolute Gasteiger partial charge is 0.389 e. The first-order chi connectivity index (χ1) is 11.9. The third kappa shape index (κ3) is 6.78. The SMILES string of the molecule is COc1ccc([C@@H](CCC(F)(F)F)N2CCNCC2)c(OC)c1OC.Cl.Cl. The summed E-state index contributed by atoms with van der Waals surface area (Å²) in [5, 5.41) is 3.22. The summed E-state index contributed by atoms with van der Waals surface area (Å²) in [5.41, 5.74) is 0.686. The van der Waals surface area contributed by atoms with Crippen LogP contribution in [0.15, 0.2) is 12.1 Å². The fourth-order valence-electron chi connectivity index (χ4n) is 3.22. The molecule has 1 heterocycles. The first-order valence-corrected chi connectivity index (χ1v) is 8.21. The van der Waals surface area contributed by atoms with Crippen LogP contribution >= 0.6 is 24.8 Å². The van der Waals surface area contributed by atoms with Crippen LogP contribution in [0.5, 0.6) is 17.2 Å². The monoisotopic (exact) mass is 434 g/mol. The van der Waals surface area contributed by atoms with E-state index in [9.17, 15) is 13.2 Å². The van der Waals surface area contributed by atoms with E-state index in [1.165, 1.54) is 21.3 Å². The van der Waals surface area contributed by atoms with Gasteiger partial charge in [0.2, 0.25) is 5.75 Å². The van der Waals surface area contributed by atoms with Crippen molar-refractivity contribution in [3.63, 3.8) is 0 Å². The summed E-state index contributed by atoms with van der Waals surface area (Å²) in [6.07, 6.45) is -5.08. The van der Waals surface area contributed by atoms with Gasteiger partial charge in [0.25, 0.3) is 0 Å². The molecule has 27 heavy (non-hydrogen) atoms. The van der Waals surface area contributed by atoms with Gasteiger partial charge in [0, 0.05) is 44.2 Å². The molecular weight excluding hydrogens is 408 g/mol. The van der Waals surface area contributed by atoms with Gasteiger partial charge in [-0.15, -0.1) is 24.8 Å². The number of hydrogen-bond donors (Lipinski definition) is 1. The Morgan fingerprint density at radius 1 is 1.00 bits per heavy atom. The number of hydrogen-bond acceptors (Lipinski definition) is 5. The fraction of sp³-hybridized carbons (Fsp3) is 0.647. The Kier molecular flexibility index (Phi) is 11.2. The number of methoxy groups -OCH3 is 3. The van der Waals surface area contributed by atoms with Crippen molar-refractivity contribution in [3.8, 4) is 17.2 Å². The lowest BCUT2D eigenvalue weighted by Crippen LogP contribution is -2.45. The van der Waals surface area contributed by atoms with Crippen molar-refractivity contribution in [2.24, 2.45) is 0 Å². The van der Waals surface area contributed by atoms with Crippen LogP contribution < -0.4 is 19.5 Å². The molecule has 1 aromatic carbocycles. The minimum absolute atomic E-state index is 0. The number of halogens is 5. The number of benzene rings is 1. The molecule has 2 rings (SSSR count). The zero-order valence-electron chi connectivity index (χ0n) is 15.6. The van der Waals surface area contributed by atoms with Crippen LogP contribution in [0.3, 0.4) is 0 Å². The summed E-state index contributed by atoms with van der Waals surface area (Å²) in [7, 11) is 4.48. The highest BCUT2D eigenvalue weighted by Gasteiger charge is 2.33. The predicted molar refractivity (Wildman–Crippen MR) is 103 cm³/mol. The van der Waals surface area contributed by atoms with E-state index < -0.39 is 18.6 Å². The molecule has 5 nitrogen and oxygen atoms in total. The second-order valence-electron chi connectivity index (χ2n) is 5.88. The molecule has 0 radical (unpaired) electrons. The molecule has 0 saturated carbocycles. The first-order valence-electron chi connectivity index (χ1n) is 8.21. The van der Waals surface area contributed by atoms with E-state index in [1.54, 1.807) is 12.1 Å². The molecule has 0 unspecified atom stereocenters. The number of alkyl halides is 3. The minimum Gasteiger partial charge on any atom is -0.493 e. The molecule has 10 heteroatoms. The Labute approximate surface area is 170 Å². The maximum Gasteiger partial charge on any atom is 0.389 e. The van der Waals surface area contributed by atoms with Crippen LogP contribution in [0.1, 0.15) is 24.4 Å². The van der Waals surface area contributed by atoms with Gasteiger partial charge in [-0.25, -0.2) is 0 Å². The van der Waals surface area contributed by atoms with Crippen molar-refractivity contribution in [1.82, 2.24) is 10.2 Å². The molecule has 1 N–H and O–H groups in total. The summed E-state index contributed by atoms with van der Waals surface area (Å²) in [5.74, 6) is 1.31. The van der Waals surface area contributed by atoms with Crippen molar-refractivity contribution < 1.29 is 27.4 Å². The molecule has 1 saturated heterocycles. The van der Waals surface area contributed by atoms with Crippen molar-refractivity contribution in [1.29, 1.82) is 0 Å². The van der Waals surface area contributed by atoms with Gasteiger partial charge < -0.3 is 19.5 Å². The lowest BCUT2D eigenvalue weighted by Gasteiger charge is -2.36. The normalized spacial score (nSPS) is 15.9. The van der Waals surface area contributed by atoms with Gasteiger partial charge >= 0.3 is 6.18 Å². The van der Waals surface area contributed by atoms with Gasteiger partial charge in [-0.2, -0.15) is 13.2 Å². The van der Waals surface area contributed by atoms with E-state index in [1.807, 2.05) is 0 Å². The Morgan fingerprint density at radius 3 is 2.07 bits per heavy atom. The number of rotatable bonds is 7. The van der Waals surface area contributed by atoms with E-state index >= 15 is 0 Å². The number of nitrogens with one attached hydrogen (secondary N) is 1. The first kappa shape index (κ1) is 25.9. The second kappa shape index (κ2) is 11.7. The van der Waals surface area contributed by atoms with Crippen LogP contribution in [0.4, 0.5) is 13.2 Å². The topological polar surface area (TPSA) is 43.0 Å². The van der Waals surface area contributed by atoms with E-state index in [0.29, 0.717) is 35.9 Å². The lowest BCUT2D eigenvalue weighted by atomic mass is 9.97. The largest absolute Gasteiger partial charge is 0.493 e. The van der Waals surface area contributed by atoms with Crippen LogP contribution in [0, 0.1) is 0 Å². The van der Waals surface area contributed by atoms with Gasteiger partial charge in [-0.3, -0.25) is 4.90 Å². The van der Waals surface area contributed by atoms with E-state index in [-0.39, 0.29) is 31.2 Å². The molecule has 158 valence electrons. The van der Waals surface area contributed by atoms with E-state index in [0.717, 1.165) is 13.1 Å². The Morgan fingerprint density at radius 2 is 1.59 bits per heavy atom. The van der Waals surface area contributed by atoms with Crippen molar-refractivity contribution in [2.45, 2.75) is 25.1 Å². The third-order valence-corrected chi connectivity index (χ3v) is 4.39. The highest BCUT2D eigenvalue weighted by molar-refractivity contribution is 5.85. The van der Waals surface area contributed by atoms with E-state index in [4.69, 9.17) is 14.2 Å². The zero-order chi connectivity index (χ0) is 18.4. The lowest BCUT2D eigenvalue weighted by molar-refractivity contribution is -0.138. The molecule has 1 aliphatic heterocycles. The number of ether oxygens (including phenoxy) is 3. The van der Waals surface area contributed by atoms with Crippen molar-refractivity contribution >= 4 is 24.8 Å². The highest BCUT2D eigenvalue weighted by atomic mass is 35.5. The molecule has 1 fully saturated rings. The molecule has 1 aliphatic rings. The quantitative estimate of drug-likeness (QED) is 0.705. The molecule has 0 spiro atoms. The second-order valence-corrected chi connectivity index (χ2v) is 5.88. The molecule has 0 amide bonds. The van der Waals surface area contributed by atoms with Gasteiger partial charge in [-0.1, -0.05) is 0 Å². The highest BCUT2D eigenvalue weighted by Crippen LogP contribution is 2.45. The van der Waals surface area contributed by atoms with Crippen LogP contribution in [0.25, 0.3) is 0 Å². The summed E-state index contributed by atoms with van der Waals surface area (Å²) >= 11 is 0. The van der Waals surface area contributed by atoms with Gasteiger partial charge in [-0.05, 0) is 18.6 Å². The van der Waals surface area contributed by atoms with Gasteiger partial charge in [0.1, 0.15) is 0 Å². The molecule has 1 aromatic rings.